The average Bonchev–Trinajstić information content (AvgIpc) is 3.23. The van der Waals surface area contributed by atoms with Gasteiger partial charge in [0.1, 0.15) is 17.2 Å². The Morgan fingerprint density at radius 3 is 3.13 bits per heavy atom. The third-order valence-electron chi connectivity index (χ3n) is 4.30. The quantitative estimate of drug-likeness (QED) is 0.903. The van der Waals surface area contributed by atoms with Crippen molar-refractivity contribution in [3.63, 3.8) is 0 Å². The highest BCUT2D eigenvalue weighted by atomic mass is 16.5. The second-order valence-corrected chi connectivity index (χ2v) is 5.83. The SMILES string of the molecule is O=C(c1ncccc1O)N1CCc2oc(C3CCOC3)nc2C1. The maximum Gasteiger partial charge on any atom is 0.276 e. The molecule has 0 spiro atoms. The van der Waals surface area contributed by atoms with E-state index in [1.54, 1.807) is 11.0 Å². The van der Waals surface area contributed by atoms with E-state index in [-0.39, 0.29) is 23.3 Å². The van der Waals surface area contributed by atoms with Gasteiger partial charge in [-0.05, 0) is 18.6 Å². The zero-order valence-corrected chi connectivity index (χ0v) is 12.6. The Morgan fingerprint density at radius 2 is 2.35 bits per heavy atom. The molecule has 0 aliphatic carbocycles. The van der Waals surface area contributed by atoms with Crippen molar-refractivity contribution in [3.05, 3.63) is 41.4 Å². The van der Waals surface area contributed by atoms with Crippen molar-refractivity contribution in [2.75, 3.05) is 19.8 Å². The van der Waals surface area contributed by atoms with Gasteiger partial charge in [-0.1, -0.05) is 0 Å². The Labute approximate surface area is 132 Å². The van der Waals surface area contributed by atoms with Gasteiger partial charge in [0.05, 0.1) is 19.1 Å². The molecule has 1 amide bonds. The number of rotatable bonds is 2. The molecule has 1 fully saturated rings. The molecule has 1 N–H and O–H groups in total. The molecule has 2 aliphatic rings. The summed E-state index contributed by atoms with van der Waals surface area (Å²) >= 11 is 0. The summed E-state index contributed by atoms with van der Waals surface area (Å²) in [6, 6.07) is 3.05. The zero-order chi connectivity index (χ0) is 15.8. The van der Waals surface area contributed by atoms with Gasteiger partial charge < -0.3 is 19.2 Å². The third kappa shape index (κ3) is 2.57. The normalized spacial score (nSPS) is 20.5. The summed E-state index contributed by atoms with van der Waals surface area (Å²) in [5, 5.41) is 9.80. The minimum absolute atomic E-state index is 0.0730. The Bertz CT molecular complexity index is 737. The van der Waals surface area contributed by atoms with E-state index < -0.39 is 0 Å². The lowest BCUT2D eigenvalue weighted by Gasteiger charge is -2.25. The maximum atomic E-state index is 12.5. The summed E-state index contributed by atoms with van der Waals surface area (Å²) in [5.41, 5.74) is 0.866. The van der Waals surface area contributed by atoms with Crippen LogP contribution in [0.1, 0.15) is 40.2 Å². The van der Waals surface area contributed by atoms with Crippen LogP contribution in [0, 0.1) is 0 Å². The first-order valence-electron chi connectivity index (χ1n) is 7.72. The van der Waals surface area contributed by atoms with Crippen molar-refractivity contribution < 1.29 is 19.1 Å². The molecule has 2 aliphatic heterocycles. The van der Waals surface area contributed by atoms with Crippen LogP contribution in [0.4, 0.5) is 0 Å². The van der Waals surface area contributed by atoms with E-state index in [2.05, 4.69) is 9.97 Å². The summed E-state index contributed by atoms with van der Waals surface area (Å²) in [6.45, 7) is 2.28. The van der Waals surface area contributed by atoms with Crippen LogP contribution in [-0.2, 0) is 17.7 Å². The smallest absolute Gasteiger partial charge is 0.276 e. The molecule has 2 aromatic heterocycles. The maximum absolute atomic E-state index is 12.5. The van der Waals surface area contributed by atoms with Gasteiger partial charge in [-0.3, -0.25) is 4.79 Å². The number of carbonyl (C=O) groups is 1. The summed E-state index contributed by atoms with van der Waals surface area (Å²) in [7, 11) is 0. The van der Waals surface area contributed by atoms with Crippen molar-refractivity contribution >= 4 is 5.91 Å². The van der Waals surface area contributed by atoms with Crippen LogP contribution in [0.5, 0.6) is 5.75 Å². The van der Waals surface area contributed by atoms with Crippen LogP contribution in [0.2, 0.25) is 0 Å². The number of oxazole rings is 1. The van der Waals surface area contributed by atoms with E-state index >= 15 is 0 Å². The fourth-order valence-electron chi connectivity index (χ4n) is 3.01. The molecule has 1 saturated heterocycles. The van der Waals surface area contributed by atoms with Crippen molar-refractivity contribution in [3.8, 4) is 5.75 Å². The van der Waals surface area contributed by atoms with Crippen LogP contribution >= 0.6 is 0 Å². The monoisotopic (exact) mass is 315 g/mol. The Balaban J connectivity index is 1.54. The Hall–Kier alpha value is -2.41. The van der Waals surface area contributed by atoms with Crippen molar-refractivity contribution in [2.24, 2.45) is 0 Å². The van der Waals surface area contributed by atoms with E-state index in [1.807, 2.05) is 0 Å². The lowest BCUT2D eigenvalue weighted by atomic mass is 10.1. The van der Waals surface area contributed by atoms with Crippen molar-refractivity contribution in [1.82, 2.24) is 14.9 Å². The van der Waals surface area contributed by atoms with Crippen LogP contribution < -0.4 is 0 Å². The molecule has 7 nitrogen and oxygen atoms in total. The number of carbonyl (C=O) groups excluding carboxylic acids is 1. The molecule has 120 valence electrons. The molecule has 1 unspecified atom stereocenters. The average molecular weight is 315 g/mol. The lowest BCUT2D eigenvalue weighted by Crippen LogP contribution is -2.36. The number of hydrogen-bond donors (Lipinski definition) is 1. The summed E-state index contributed by atoms with van der Waals surface area (Å²) in [6.07, 6.45) is 3.04. The highest BCUT2D eigenvalue weighted by molar-refractivity contribution is 5.94. The van der Waals surface area contributed by atoms with Crippen LogP contribution in [0.25, 0.3) is 0 Å². The van der Waals surface area contributed by atoms with Crippen LogP contribution in [0.3, 0.4) is 0 Å². The minimum Gasteiger partial charge on any atom is -0.505 e. The number of amides is 1. The van der Waals surface area contributed by atoms with Gasteiger partial charge >= 0.3 is 0 Å². The zero-order valence-electron chi connectivity index (χ0n) is 12.6. The topological polar surface area (TPSA) is 88.7 Å². The standard InChI is InChI=1S/C16H17N3O4/c20-12-2-1-5-17-14(12)16(21)19-6-3-13-11(8-19)18-15(23-13)10-4-7-22-9-10/h1-2,5,10,20H,3-4,6-9H2. The van der Waals surface area contributed by atoms with E-state index in [4.69, 9.17) is 9.15 Å². The van der Waals surface area contributed by atoms with Crippen LogP contribution in [0.15, 0.2) is 22.7 Å². The van der Waals surface area contributed by atoms with Gasteiger partial charge in [0.25, 0.3) is 5.91 Å². The first kappa shape index (κ1) is 14.2. The van der Waals surface area contributed by atoms with Crippen LogP contribution in [-0.4, -0.2) is 45.6 Å². The fourth-order valence-corrected chi connectivity index (χ4v) is 3.01. The summed E-state index contributed by atoms with van der Waals surface area (Å²) in [5.74, 6) is 1.38. The number of ether oxygens (including phenoxy) is 1. The number of pyridine rings is 1. The first-order valence-corrected chi connectivity index (χ1v) is 7.72. The molecule has 23 heavy (non-hydrogen) atoms. The number of aromatic nitrogens is 2. The van der Waals surface area contributed by atoms with Crippen molar-refractivity contribution in [1.29, 1.82) is 0 Å². The van der Waals surface area contributed by atoms with E-state index in [1.165, 1.54) is 12.3 Å². The van der Waals surface area contributed by atoms with Gasteiger partial charge in [0.2, 0.25) is 0 Å². The predicted octanol–water partition coefficient (Wildman–Crippen LogP) is 1.48. The fraction of sp³-hybridized carbons (Fsp3) is 0.438. The van der Waals surface area contributed by atoms with Gasteiger partial charge in [-0.2, -0.15) is 0 Å². The third-order valence-corrected chi connectivity index (χ3v) is 4.30. The second-order valence-electron chi connectivity index (χ2n) is 5.83. The molecular weight excluding hydrogens is 298 g/mol. The minimum atomic E-state index is -0.289. The molecule has 0 radical (unpaired) electrons. The van der Waals surface area contributed by atoms with Crippen molar-refractivity contribution in [2.45, 2.75) is 25.3 Å². The van der Waals surface area contributed by atoms with E-state index in [0.717, 1.165) is 24.5 Å². The lowest BCUT2D eigenvalue weighted by molar-refractivity contribution is 0.0718. The molecular formula is C16H17N3O4. The van der Waals surface area contributed by atoms with Gasteiger partial charge in [-0.15, -0.1) is 0 Å². The number of fused-ring (bicyclic) bond motifs is 1. The predicted molar refractivity (Wildman–Crippen MR) is 79.0 cm³/mol. The molecule has 0 saturated carbocycles. The number of nitrogens with zero attached hydrogens (tertiary/aromatic N) is 3. The second kappa shape index (κ2) is 5.66. The highest BCUT2D eigenvalue weighted by Crippen LogP contribution is 2.29. The summed E-state index contributed by atoms with van der Waals surface area (Å²) < 4.78 is 11.2. The summed E-state index contributed by atoms with van der Waals surface area (Å²) in [4.78, 5) is 22.7. The molecule has 0 aromatic carbocycles. The molecule has 4 heterocycles. The van der Waals surface area contributed by atoms with Gasteiger partial charge in [-0.25, -0.2) is 9.97 Å². The Kier molecular flexibility index (Phi) is 3.49. The molecule has 4 rings (SSSR count). The van der Waals surface area contributed by atoms with E-state index in [9.17, 15) is 9.90 Å². The number of hydrogen-bond acceptors (Lipinski definition) is 6. The molecule has 7 heteroatoms. The molecule has 1 atom stereocenters. The number of aromatic hydroxyl groups is 1. The largest absolute Gasteiger partial charge is 0.505 e. The molecule has 0 bridgehead atoms. The molecule has 2 aromatic rings. The van der Waals surface area contributed by atoms with E-state index in [0.29, 0.717) is 32.0 Å². The van der Waals surface area contributed by atoms with Gasteiger partial charge in [0, 0.05) is 25.8 Å². The highest BCUT2D eigenvalue weighted by Gasteiger charge is 2.30. The van der Waals surface area contributed by atoms with Gasteiger partial charge in [0.15, 0.2) is 11.6 Å². The Morgan fingerprint density at radius 1 is 1.43 bits per heavy atom. The first-order chi connectivity index (χ1) is 11.2.